The zero-order valence-electron chi connectivity index (χ0n) is 14.5. The van der Waals surface area contributed by atoms with Gasteiger partial charge in [-0.05, 0) is 50.5 Å². The van der Waals surface area contributed by atoms with Crippen molar-refractivity contribution in [2.75, 3.05) is 18.0 Å². The maximum Gasteiger partial charge on any atom is 0.251 e. The van der Waals surface area contributed by atoms with Crippen molar-refractivity contribution in [2.24, 2.45) is 0 Å². The van der Waals surface area contributed by atoms with E-state index < -0.39 is 0 Å². The van der Waals surface area contributed by atoms with Gasteiger partial charge in [0.15, 0.2) is 0 Å². The number of rotatable bonds is 3. The molecule has 1 amide bonds. The molecule has 0 radical (unpaired) electrons. The standard InChI is InChI=1S/C19H21N5O/c1-13-11-14(2)22-18(17(13)12-20)24-9-5-16(6-10-24)23-19(25)15-3-7-21-8-4-15/h3-4,7-8,11,16H,5-6,9-10H2,1-2H3,(H,23,25). The molecule has 1 aliphatic rings. The molecule has 2 aromatic rings. The first-order valence-electron chi connectivity index (χ1n) is 8.42. The molecule has 0 saturated carbocycles. The van der Waals surface area contributed by atoms with Gasteiger partial charge in [-0.2, -0.15) is 5.26 Å². The highest BCUT2D eigenvalue weighted by molar-refractivity contribution is 5.94. The van der Waals surface area contributed by atoms with Crippen LogP contribution in [0.5, 0.6) is 0 Å². The minimum Gasteiger partial charge on any atom is -0.355 e. The molecule has 0 unspecified atom stereocenters. The van der Waals surface area contributed by atoms with Crippen molar-refractivity contribution in [3.05, 3.63) is 53.0 Å². The summed E-state index contributed by atoms with van der Waals surface area (Å²) in [5.41, 5.74) is 3.14. The normalized spacial score (nSPS) is 14.8. The van der Waals surface area contributed by atoms with Crippen LogP contribution in [0.25, 0.3) is 0 Å². The highest BCUT2D eigenvalue weighted by atomic mass is 16.1. The van der Waals surface area contributed by atoms with Crippen LogP contribution in [0.1, 0.15) is 40.0 Å². The van der Waals surface area contributed by atoms with Gasteiger partial charge in [0.1, 0.15) is 11.9 Å². The van der Waals surface area contributed by atoms with Gasteiger partial charge < -0.3 is 10.2 Å². The molecule has 0 atom stereocenters. The Morgan fingerprint density at radius 3 is 2.60 bits per heavy atom. The first kappa shape index (κ1) is 16.9. The summed E-state index contributed by atoms with van der Waals surface area (Å²) in [6.07, 6.45) is 4.89. The number of hydrogen-bond donors (Lipinski definition) is 1. The van der Waals surface area contributed by atoms with Crippen LogP contribution in [0.3, 0.4) is 0 Å². The van der Waals surface area contributed by atoms with Crippen LogP contribution in [0.15, 0.2) is 30.6 Å². The van der Waals surface area contributed by atoms with Crippen molar-refractivity contribution < 1.29 is 4.79 Å². The van der Waals surface area contributed by atoms with Crippen molar-refractivity contribution >= 4 is 11.7 Å². The Labute approximate surface area is 147 Å². The smallest absolute Gasteiger partial charge is 0.251 e. The molecular formula is C19H21N5O. The number of aromatic nitrogens is 2. The summed E-state index contributed by atoms with van der Waals surface area (Å²) < 4.78 is 0. The fraction of sp³-hybridized carbons (Fsp3) is 0.368. The second kappa shape index (κ2) is 7.31. The average Bonchev–Trinajstić information content (AvgIpc) is 2.62. The number of amides is 1. The van der Waals surface area contributed by atoms with Crippen LogP contribution in [-0.4, -0.2) is 35.0 Å². The minimum atomic E-state index is -0.0666. The number of pyridine rings is 2. The van der Waals surface area contributed by atoms with Crippen molar-refractivity contribution in [2.45, 2.75) is 32.7 Å². The molecule has 3 rings (SSSR count). The van der Waals surface area contributed by atoms with Crippen LogP contribution in [0, 0.1) is 25.2 Å². The summed E-state index contributed by atoms with van der Waals surface area (Å²) in [4.78, 5) is 22.9. The molecule has 3 heterocycles. The third-order valence-electron chi connectivity index (χ3n) is 4.51. The first-order chi connectivity index (χ1) is 12.1. The van der Waals surface area contributed by atoms with Gasteiger partial charge in [0.05, 0.1) is 5.56 Å². The second-order valence-corrected chi connectivity index (χ2v) is 6.36. The van der Waals surface area contributed by atoms with Crippen LogP contribution in [-0.2, 0) is 0 Å². The summed E-state index contributed by atoms with van der Waals surface area (Å²) in [7, 11) is 0. The van der Waals surface area contributed by atoms with E-state index in [9.17, 15) is 10.1 Å². The Morgan fingerprint density at radius 2 is 1.96 bits per heavy atom. The number of aryl methyl sites for hydroxylation is 2. The third-order valence-corrected chi connectivity index (χ3v) is 4.51. The lowest BCUT2D eigenvalue weighted by Gasteiger charge is -2.34. The van der Waals surface area contributed by atoms with Crippen LogP contribution in [0.2, 0.25) is 0 Å². The number of nitrogens with one attached hydrogen (secondary N) is 1. The van der Waals surface area contributed by atoms with E-state index in [1.807, 2.05) is 19.9 Å². The summed E-state index contributed by atoms with van der Waals surface area (Å²) >= 11 is 0. The molecule has 0 bridgehead atoms. The van der Waals surface area contributed by atoms with Crippen molar-refractivity contribution in [3.63, 3.8) is 0 Å². The number of carbonyl (C=O) groups excluding carboxylic acids is 1. The molecule has 25 heavy (non-hydrogen) atoms. The molecule has 6 nitrogen and oxygen atoms in total. The topological polar surface area (TPSA) is 81.9 Å². The molecule has 128 valence electrons. The molecule has 1 fully saturated rings. The fourth-order valence-electron chi connectivity index (χ4n) is 3.19. The third kappa shape index (κ3) is 3.77. The number of nitrogens with zero attached hydrogens (tertiary/aromatic N) is 4. The summed E-state index contributed by atoms with van der Waals surface area (Å²) in [5.74, 6) is 0.696. The SMILES string of the molecule is Cc1cc(C)c(C#N)c(N2CCC(NC(=O)c3ccncc3)CC2)n1. The second-order valence-electron chi connectivity index (χ2n) is 6.36. The molecule has 2 aromatic heterocycles. The van der Waals surface area contributed by atoms with Crippen molar-refractivity contribution in [3.8, 4) is 6.07 Å². The monoisotopic (exact) mass is 335 g/mol. The number of carbonyl (C=O) groups is 1. The lowest BCUT2D eigenvalue weighted by atomic mass is 10.0. The minimum absolute atomic E-state index is 0.0666. The molecule has 0 aliphatic carbocycles. The van der Waals surface area contributed by atoms with Crippen molar-refractivity contribution in [1.82, 2.24) is 15.3 Å². The molecule has 0 aromatic carbocycles. The predicted octanol–water partition coefficient (Wildman–Crippen LogP) is 2.36. The van der Waals surface area contributed by atoms with Gasteiger partial charge in [-0.25, -0.2) is 4.98 Å². The Kier molecular flexibility index (Phi) is 4.94. The lowest BCUT2D eigenvalue weighted by Crippen LogP contribution is -2.45. The van der Waals surface area contributed by atoms with E-state index in [2.05, 4.69) is 26.3 Å². The van der Waals surface area contributed by atoms with Gasteiger partial charge in [0.25, 0.3) is 5.91 Å². The van der Waals surface area contributed by atoms with E-state index in [0.717, 1.165) is 43.0 Å². The highest BCUT2D eigenvalue weighted by Crippen LogP contribution is 2.25. The summed E-state index contributed by atoms with van der Waals surface area (Å²) in [6, 6.07) is 7.76. The van der Waals surface area contributed by atoms with Gasteiger partial charge in [-0.15, -0.1) is 0 Å². The maximum absolute atomic E-state index is 12.2. The highest BCUT2D eigenvalue weighted by Gasteiger charge is 2.24. The summed E-state index contributed by atoms with van der Waals surface area (Å²) in [5, 5.41) is 12.5. The average molecular weight is 335 g/mol. The van der Waals surface area contributed by atoms with Crippen LogP contribution >= 0.6 is 0 Å². The van der Waals surface area contributed by atoms with Gasteiger partial charge in [-0.3, -0.25) is 9.78 Å². The zero-order chi connectivity index (χ0) is 17.8. The lowest BCUT2D eigenvalue weighted by molar-refractivity contribution is 0.0931. The molecular weight excluding hydrogens is 314 g/mol. The van der Waals surface area contributed by atoms with Crippen LogP contribution in [0.4, 0.5) is 5.82 Å². The zero-order valence-corrected chi connectivity index (χ0v) is 14.5. The fourth-order valence-corrected chi connectivity index (χ4v) is 3.19. The van der Waals surface area contributed by atoms with Gasteiger partial charge >= 0.3 is 0 Å². The van der Waals surface area contributed by atoms with E-state index in [0.29, 0.717) is 11.1 Å². The summed E-state index contributed by atoms with van der Waals surface area (Å²) in [6.45, 7) is 5.43. The van der Waals surface area contributed by atoms with E-state index >= 15 is 0 Å². The van der Waals surface area contributed by atoms with Crippen LogP contribution < -0.4 is 10.2 Å². The van der Waals surface area contributed by atoms with Gasteiger partial charge in [-0.1, -0.05) is 0 Å². The Morgan fingerprint density at radius 1 is 1.28 bits per heavy atom. The number of nitriles is 1. The number of hydrogen-bond acceptors (Lipinski definition) is 5. The number of piperidine rings is 1. The van der Waals surface area contributed by atoms with Gasteiger partial charge in [0.2, 0.25) is 0 Å². The maximum atomic E-state index is 12.2. The van der Waals surface area contributed by atoms with E-state index in [-0.39, 0.29) is 11.9 Å². The largest absolute Gasteiger partial charge is 0.355 e. The Bertz CT molecular complexity index is 805. The Balaban J connectivity index is 1.65. The molecule has 6 heteroatoms. The van der Waals surface area contributed by atoms with E-state index in [1.165, 1.54) is 0 Å². The quantitative estimate of drug-likeness (QED) is 0.931. The predicted molar refractivity (Wildman–Crippen MR) is 95.4 cm³/mol. The number of anilines is 1. The molecule has 1 saturated heterocycles. The molecule has 1 N–H and O–H groups in total. The molecule has 1 aliphatic heterocycles. The van der Waals surface area contributed by atoms with Gasteiger partial charge in [0, 0.05) is 42.8 Å². The Hall–Kier alpha value is -2.94. The molecule has 0 spiro atoms. The van der Waals surface area contributed by atoms with E-state index in [1.54, 1.807) is 24.5 Å². The van der Waals surface area contributed by atoms with Crippen molar-refractivity contribution in [1.29, 1.82) is 5.26 Å². The van der Waals surface area contributed by atoms with E-state index in [4.69, 9.17) is 0 Å². The first-order valence-corrected chi connectivity index (χ1v) is 8.42.